The van der Waals surface area contributed by atoms with Gasteiger partial charge in [-0.3, -0.25) is 4.79 Å². The fourth-order valence-electron chi connectivity index (χ4n) is 2.64. The molecule has 0 aliphatic carbocycles. The van der Waals surface area contributed by atoms with E-state index < -0.39 is 11.7 Å². The molecule has 0 fully saturated rings. The molecule has 4 aromatic rings. The number of nitrogens with zero attached hydrogens (tertiary/aromatic N) is 3. The van der Waals surface area contributed by atoms with Crippen LogP contribution in [0.5, 0.6) is 0 Å². The van der Waals surface area contributed by atoms with Crippen molar-refractivity contribution in [1.82, 2.24) is 15.2 Å². The number of nitrogen functional groups attached to an aromatic ring is 1. The lowest BCUT2D eigenvalue weighted by atomic mass is 10.1. The Hall–Kier alpha value is -3.05. The first kappa shape index (κ1) is 19.3. The van der Waals surface area contributed by atoms with Crippen molar-refractivity contribution in [2.24, 2.45) is 0 Å². The molecule has 0 atom stereocenters. The highest BCUT2D eigenvalue weighted by molar-refractivity contribution is 7.22. The number of halogens is 3. The molecule has 0 radical (unpaired) electrons. The molecular formula is C18H12F3N5OS2. The van der Waals surface area contributed by atoms with Crippen LogP contribution in [0.1, 0.15) is 11.1 Å². The summed E-state index contributed by atoms with van der Waals surface area (Å²) in [4.78, 5) is 16.5. The molecule has 2 heterocycles. The largest absolute Gasteiger partial charge is 0.416 e. The highest BCUT2D eigenvalue weighted by Crippen LogP contribution is 2.32. The zero-order valence-corrected chi connectivity index (χ0v) is 16.2. The molecule has 0 spiro atoms. The summed E-state index contributed by atoms with van der Waals surface area (Å²) in [6, 6.07) is 10.1. The van der Waals surface area contributed by atoms with Crippen molar-refractivity contribution >= 4 is 49.1 Å². The third-order valence-electron chi connectivity index (χ3n) is 3.96. The zero-order chi connectivity index (χ0) is 20.6. The fourth-order valence-corrected chi connectivity index (χ4v) is 4.20. The summed E-state index contributed by atoms with van der Waals surface area (Å²) in [7, 11) is 0. The third kappa shape index (κ3) is 4.35. The molecule has 11 heteroatoms. The Kier molecular flexibility index (Phi) is 4.92. The molecule has 2 aromatic carbocycles. The maximum Gasteiger partial charge on any atom is 0.416 e. The van der Waals surface area contributed by atoms with E-state index in [2.05, 4.69) is 20.5 Å². The van der Waals surface area contributed by atoms with Gasteiger partial charge in [0.25, 0.3) is 0 Å². The number of carbonyl (C=O) groups is 1. The SMILES string of the molecule is Nc1nc2ccc(CC(=O)Nc3nnc(-c4ccc(C(F)(F)F)cc4)s3)cc2s1. The van der Waals surface area contributed by atoms with E-state index in [1.54, 1.807) is 12.1 Å². The number of hydrogen-bond donors (Lipinski definition) is 2. The van der Waals surface area contributed by atoms with Gasteiger partial charge >= 0.3 is 6.18 Å². The number of aromatic nitrogens is 3. The van der Waals surface area contributed by atoms with Crippen molar-refractivity contribution in [1.29, 1.82) is 0 Å². The molecule has 4 rings (SSSR count). The van der Waals surface area contributed by atoms with E-state index in [0.29, 0.717) is 15.7 Å². The number of nitrogens with two attached hydrogens (primary N) is 1. The monoisotopic (exact) mass is 435 g/mol. The van der Waals surface area contributed by atoms with E-state index in [0.717, 1.165) is 39.2 Å². The fraction of sp³-hybridized carbons (Fsp3) is 0.111. The van der Waals surface area contributed by atoms with Crippen LogP contribution in [0.3, 0.4) is 0 Å². The van der Waals surface area contributed by atoms with E-state index in [-0.39, 0.29) is 17.5 Å². The second-order valence-electron chi connectivity index (χ2n) is 6.07. The van der Waals surface area contributed by atoms with Crippen molar-refractivity contribution in [3.63, 3.8) is 0 Å². The van der Waals surface area contributed by atoms with E-state index in [1.165, 1.54) is 23.5 Å². The number of amides is 1. The van der Waals surface area contributed by atoms with Gasteiger partial charge in [0.1, 0.15) is 5.01 Å². The smallest absolute Gasteiger partial charge is 0.375 e. The van der Waals surface area contributed by atoms with E-state index in [1.807, 2.05) is 6.07 Å². The Morgan fingerprint density at radius 3 is 2.55 bits per heavy atom. The molecule has 3 N–H and O–H groups in total. The Morgan fingerprint density at radius 2 is 1.83 bits per heavy atom. The van der Waals surface area contributed by atoms with Crippen molar-refractivity contribution in [3.8, 4) is 10.6 Å². The highest BCUT2D eigenvalue weighted by atomic mass is 32.1. The number of hydrogen-bond acceptors (Lipinski definition) is 7. The molecule has 148 valence electrons. The van der Waals surface area contributed by atoms with Crippen LogP contribution < -0.4 is 11.1 Å². The standard InChI is InChI=1S/C18H12F3N5OS2/c19-18(20,21)11-4-2-10(3-5-11)15-25-26-17(29-15)24-14(27)8-9-1-6-12-13(7-9)28-16(22)23-12/h1-7H,8H2,(H2,22,23)(H,24,26,27). The lowest BCUT2D eigenvalue weighted by Gasteiger charge is -2.06. The van der Waals surface area contributed by atoms with Gasteiger partial charge in [-0.25, -0.2) is 4.98 Å². The van der Waals surface area contributed by atoms with Crippen molar-refractivity contribution in [3.05, 3.63) is 53.6 Å². The van der Waals surface area contributed by atoms with Crippen LogP contribution in [0, 0.1) is 0 Å². The first-order valence-corrected chi connectivity index (χ1v) is 9.87. The second-order valence-corrected chi connectivity index (χ2v) is 8.11. The summed E-state index contributed by atoms with van der Waals surface area (Å²) in [6.45, 7) is 0. The number of carbonyl (C=O) groups excluding carboxylic acids is 1. The summed E-state index contributed by atoms with van der Waals surface area (Å²) in [5.41, 5.74) is 7.01. The number of fused-ring (bicyclic) bond motifs is 1. The van der Waals surface area contributed by atoms with Gasteiger partial charge < -0.3 is 11.1 Å². The predicted molar refractivity (Wildman–Crippen MR) is 107 cm³/mol. The van der Waals surface area contributed by atoms with Gasteiger partial charge in [-0.05, 0) is 29.8 Å². The maximum absolute atomic E-state index is 12.7. The summed E-state index contributed by atoms with van der Waals surface area (Å²) in [5.74, 6) is -0.281. The number of rotatable bonds is 4. The minimum atomic E-state index is -4.40. The van der Waals surface area contributed by atoms with E-state index in [4.69, 9.17) is 5.73 Å². The predicted octanol–water partition coefficient (Wildman–Crippen LogP) is 4.60. The van der Waals surface area contributed by atoms with Crippen LogP contribution in [0.4, 0.5) is 23.4 Å². The van der Waals surface area contributed by atoms with Gasteiger partial charge in [0.15, 0.2) is 5.13 Å². The molecule has 1 amide bonds. The summed E-state index contributed by atoms with van der Waals surface area (Å²) in [6.07, 6.45) is -4.27. The molecule has 0 aliphatic rings. The molecule has 0 aliphatic heterocycles. The first-order valence-electron chi connectivity index (χ1n) is 8.24. The van der Waals surface area contributed by atoms with Gasteiger partial charge in [-0.1, -0.05) is 40.9 Å². The molecule has 2 aromatic heterocycles. The Labute approximate surface area is 170 Å². The molecule has 0 saturated heterocycles. The maximum atomic E-state index is 12.7. The lowest BCUT2D eigenvalue weighted by molar-refractivity contribution is -0.137. The zero-order valence-electron chi connectivity index (χ0n) is 14.5. The lowest BCUT2D eigenvalue weighted by Crippen LogP contribution is -2.14. The third-order valence-corrected chi connectivity index (χ3v) is 5.70. The first-order chi connectivity index (χ1) is 13.8. The normalized spacial score (nSPS) is 11.7. The molecule has 0 saturated carbocycles. The molecule has 0 unspecified atom stereocenters. The quantitative estimate of drug-likeness (QED) is 0.489. The number of anilines is 2. The number of benzene rings is 2. The van der Waals surface area contributed by atoms with Crippen LogP contribution >= 0.6 is 22.7 Å². The van der Waals surface area contributed by atoms with E-state index >= 15 is 0 Å². The summed E-state index contributed by atoms with van der Waals surface area (Å²) < 4.78 is 38.9. The number of thiazole rings is 1. The van der Waals surface area contributed by atoms with Gasteiger partial charge in [0.05, 0.1) is 22.2 Å². The summed E-state index contributed by atoms with van der Waals surface area (Å²) in [5, 5.41) is 11.6. The van der Waals surface area contributed by atoms with Gasteiger partial charge in [-0.2, -0.15) is 13.2 Å². The molecule has 6 nitrogen and oxygen atoms in total. The van der Waals surface area contributed by atoms with E-state index in [9.17, 15) is 18.0 Å². The van der Waals surface area contributed by atoms with Crippen LogP contribution in [-0.4, -0.2) is 21.1 Å². The summed E-state index contributed by atoms with van der Waals surface area (Å²) >= 11 is 2.43. The minimum Gasteiger partial charge on any atom is -0.375 e. The van der Waals surface area contributed by atoms with Crippen LogP contribution in [0.15, 0.2) is 42.5 Å². The average molecular weight is 435 g/mol. The Morgan fingerprint density at radius 1 is 1.07 bits per heavy atom. The topological polar surface area (TPSA) is 93.8 Å². The second kappa shape index (κ2) is 7.41. The van der Waals surface area contributed by atoms with Crippen LogP contribution in [0.25, 0.3) is 20.8 Å². The molecule has 29 heavy (non-hydrogen) atoms. The van der Waals surface area contributed by atoms with Gasteiger partial charge in [-0.15, -0.1) is 10.2 Å². The van der Waals surface area contributed by atoms with Crippen LogP contribution in [0.2, 0.25) is 0 Å². The van der Waals surface area contributed by atoms with Crippen molar-refractivity contribution in [2.75, 3.05) is 11.1 Å². The van der Waals surface area contributed by atoms with Gasteiger partial charge in [0, 0.05) is 5.56 Å². The Balaban J connectivity index is 1.43. The van der Waals surface area contributed by atoms with Crippen LogP contribution in [-0.2, 0) is 17.4 Å². The number of nitrogens with one attached hydrogen (secondary N) is 1. The number of alkyl halides is 3. The van der Waals surface area contributed by atoms with Crippen molar-refractivity contribution in [2.45, 2.75) is 12.6 Å². The average Bonchev–Trinajstić information content (AvgIpc) is 3.26. The van der Waals surface area contributed by atoms with Crippen molar-refractivity contribution < 1.29 is 18.0 Å². The highest BCUT2D eigenvalue weighted by Gasteiger charge is 2.30. The minimum absolute atomic E-state index is 0.128. The molecule has 0 bridgehead atoms. The molecular weight excluding hydrogens is 423 g/mol. The van der Waals surface area contributed by atoms with Gasteiger partial charge in [0.2, 0.25) is 11.0 Å². The Bertz CT molecular complexity index is 1180.